The van der Waals surface area contributed by atoms with Crippen molar-refractivity contribution < 1.29 is 5.21 Å². The molecule has 2 aromatic heterocycles. The zero-order chi connectivity index (χ0) is 9.10. The van der Waals surface area contributed by atoms with E-state index >= 15 is 0 Å². The maximum absolute atomic E-state index is 8.58. The lowest BCUT2D eigenvalue weighted by Crippen LogP contribution is -2.06. The Hall–Kier alpha value is -1.52. The van der Waals surface area contributed by atoms with Crippen LogP contribution in [-0.2, 0) is 6.54 Å². The van der Waals surface area contributed by atoms with Gasteiger partial charge in [0.15, 0.2) is 0 Å². The van der Waals surface area contributed by atoms with E-state index in [2.05, 4.69) is 15.4 Å². The molecule has 0 spiro atoms. The second-order valence-corrected chi connectivity index (χ2v) is 2.73. The molecule has 2 heterocycles. The van der Waals surface area contributed by atoms with Crippen LogP contribution in [0.1, 0.15) is 5.56 Å². The Balaban J connectivity index is 2.61. The standard InChI is InChI=1S/C9H9N3O/c13-12-5-8-4-11-3-7-1-2-10-6-9(7)8/h1-4,6,12-13H,5H2. The lowest BCUT2D eigenvalue weighted by atomic mass is 10.1. The third-order valence-electron chi connectivity index (χ3n) is 1.91. The Bertz CT molecular complexity index is 411. The Labute approximate surface area is 75.2 Å². The zero-order valence-corrected chi connectivity index (χ0v) is 6.94. The van der Waals surface area contributed by atoms with Crippen molar-refractivity contribution in [1.82, 2.24) is 15.4 Å². The number of nitrogens with zero attached hydrogens (tertiary/aromatic N) is 2. The SMILES string of the molecule is ONCc1cncc2ccncc12. The van der Waals surface area contributed by atoms with Crippen LogP contribution in [0, 0.1) is 0 Å². The van der Waals surface area contributed by atoms with E-state index in [0.717, 1.165) is 16.3 Å². The van der Waals surface area contributed by atoms with Crippen molar-refractivity contribution in [2.45, 2.75) is 6.54 Å². The van der Waals surface area contributed by atoms with Crippen molar-refractivity contribution in [3.05, 3.63) is 36.4 Å². The van der Waals surface area contributed by atoms with Crippen LogP contribution >= 0.6 is 0 Å². The highest BCUT2D eigenvalue weighted by atomic mass is 16.5. The van der Waals surface area contributed by atoms with E-state index in [0.29, 0.717) is 6.54 Å². The predicted molar refractivity (Wildman–Crippen MR) is 48.2 cm³/mol. The van der Waals surface area contributed by atoms with E-state index in [9.17, 15) is 0 Å². The van der Waals surface area contributed by atoms with Crippen LogP contribution in [0.15, 0.2) is 30.9 Å². The van der Waals surface area contributed by atoms with Crippen molar-refractivity contribution in [2.75, 3.05) is 0 Å². The van der Waals surface area contributed by atoms with Gasteiger partial charge in [-0.3, -0.25) is 9.97 Å². The average molecular weight is 175 g/mol. The maximum atomic E-state index is 8.58. The minimum atomic E-state index is 0.385. The Morgan fingerprint density at radius 2 is 2.15 bits per heavy atom. The molecule has 0 bridgehead atoms. The lowest BCUT2D eigenvalue weighted by Gasteiger charge is -2.02. The summed E-state index contributed by atoms with van der Waals surface area (Å²) < 4.78 is 0. The lowest BCUT2D eigenvalue weighted by molar-refractivity contribution is 0.161. The van der Waals surface area contributed by atoms with Gasteiger partial charge >= 0.3 is 0 Å². The van der Waals surface area contributed by atoms with Gasteiger partial charge in [0.1, 0.15) is 0 Å². The second kappa shape index (κ2) is 3.47. The highest BCUT2D eigenvalue weighted by Crippen LogP contribution is 2.14. The number of nitrogens with one attached hydrogen (secondary N) is 1. The molecular weight excluding hydrogens is 166 g/mol. The molecule has 2 N–H and O–H groups in total. The predicted octanol–water partition coefficient (Wildman–Crippen LogP) is 1.11. The molecule has 13 heavy (non-hydrogen) atoms. The van der Waals surface area contributed by atoms with Gasteiger partial charge in [0, 0.05) is 42.1 Å². The van der Waals surface area contributed by atoms with Crippen molar-refractivity contribution in [2.24, 2.45) is 0 Å². The van der Waals surface area contributed by atoms with Gasteiger partial charge in [-0.15, -0.1) is 0 Å². The summed E-state index contributed by atoms with van der Waals surface area (Å²) in [5, 5.41) is 10.6. The summed E-state index contributed by atoms with van der Waals surface area (Å²) in [7, 11) is 0. The molecule has 0 atom stereocenters. The van der Waals surface area contributed by atoms with Gasteiger partial charge in [0.2, 0.25) is 0 Å². The molecule has 0 saturated heterocycles. The number of fused-ring (bicyclic) bond motifs is 1. The summed E-state index contributed by atoms with van der Waals surface area (Å²) in [6, 6.07) is 1.89. The van der Waals surface area contributed by atoms with Gasteiger partial charge in [-0.1, -0.05) is 0 Å². The van der Waals surface area contributed by atoms with Crippen LogP contribution in [0.3, 0.4) is 0 Å². The second-order valence-electron chi connectivity index (χ2n) is 2.73. The van der Waals surface area contributed by atoms with Crippen molar-refractivity contribution in [3.63, 3.8) is 0 Å². The van der Waals surface area contributed by atoms with Gasteiger partial charge in [0.05, 0.1) is 0 Å². The monoisotopic (exact) mass is 175 g/mol. The fourth-order valence-corrected chi connectivity index (χ4v) is 1.29. The molecule has 2 rings (SSSR count). The molecule has 0 aromatic carbocycles. The largest absolute Gasteiger partial charge is 0.316 e. The Morgan fingerprint density at radius 3 is 3.00 bits per heavy atom. The summed E-state index contributed by atoms with van der Waals surface area (Å²) in [6.45, 7) is 0.385. The topological polar surface area (TPSA) is 58.0 Å². The van der Waals surface area contributed by atoms with Crippen LogP contribution in [0.4, 0.5) is 0 Å². The first-order valence-corrected chi connectivity index (χ1v) is 3.95. The minimum Gasteiger partial charge on any atom is -0.316 e. The summed E-state index contributed by atoms with van der Waals surface area (Å²) >= 11 is 0. The van der Waals surface area contributed by atoms with Crippen LogP contribution in [0.2, 0.25) is 0 Å². The number of hydrogen-bond acceptors (Lipinski definition) is 4. The molecule has 2 aromatic rings. The molecule has 0 amide bonds. The van der Waals surface area contributed by atoms with E-state index in [1.807, 2.05) is 6.07 Å². The van der Waals surface area contributed by atoms with E-state index in [4.69, 9.17) is 5.21 Å². The van der Waals surface area contributed by atoms with E-state index < -0.39 is 0 Å². The van der Waals surface area contributed by atoms with Crippen LogP contribution < -0.4 is 5.48 Å². The molecule has 0 aliphatic carbocycles. The van der Waals surface area contributed by atoms with Gasteiger partial charge in [-0.25, -0.2) is 5.48 Å². The van der Waals surface area contributed by atoms with Gasteiger partial charge in [0.25, 0.3) is 0 Å². The Morgan fingerprint density at radius 1 is 1.23 bits per heavy atom. The molecule has 4 heteroatoms. The van der Waals surface area contributed by atoms with Gasteiger partial charge in [-0.2, -0.15) is 0 Å². The minimum absolute atomic E-state index is 0.385. The molecule has 0 radical (unpaired) electrons. The highest BCUT2D eigenvalue weighted by Gasteiger charge is 1.99. The Kier molecular flexibility index (Phi) is 2.16. The summed E-state index contributed by atoms with van der Waals surface area (Å²) in [4.78, 5) is 8.07. The summed E-state index contributed by atoms with van der Waals surface area (Å²) in [5.41, 5.74) is 3.05. The summed E-state index contributed by atoms with van der Waals surface area (Å²) in [6.07, 6.45) is 6.98. The zero-order valence-electron chi connectivity index (χ0n) is 6.94. The van der Waals surface area contributed by atoms with Crippen molar-refractivity contribution in [1.29, 1.82) is 0 Å². The first kappa shape index (κ1) is 8.10. The third kappa shape index (κ3) is 1.49. The quantitative estimate of drug-likeness (QED) is 0.671. The van der Waals surface area contributed by atoms with E-state index in [-0.39, 0.29) is 0 Å². The molecule has 0 aliphatic heterocycles. The van der Waals surface area contributed by atoms with Crippen molar-refractivity contribution in [3.8, 4) is 0 Å². The number of aromatic nitrogens is 2. The van der Waals surface area contributed by atoms with Gasteiger partial charge < -0.3 is 5.21 Å². The molecule has 0 fully saturated rings. The average Bonchev–Trinajstić information content (AvgIpc) is 2.19. The van der Waals surface area contributed by atoms with Crippen LogP contribution in [-0.4, -0.2) is 15.2 Å². The normalized spacial score (nSPS) is 10.5. The van der Waals surface area contributed by atoms with Crippen molar-refractivity contribution >= 4 is 10.8 Å². The van der Waals surface area contributed by atoms with Gasteiger partial charge in [-0.05, 0) is 11.6 Å². The first-order valence-electron chi connectivity index (χ1n) is 3.95. The first-order chi connectivity index (χ1) is 6.42. The maximum Gasteiger partial charge on any atom is 0.0480 e. The molecule has 0 saturated carbocycles. The number of hydrogen-bond donors (Lipinski definition) is 2. The van der Waals surface area contributed by atoms with Crippen LogP contribution in [0.5, 0.6) is 0 Å². The molecule has 0 aliphatic rings. The molecule has 0 unspecified atom stereocenters. The van der Waals surface area contributed by atoms with Crippen LogP contribution in [0.25, 0.3) is 10.8 Å². The van der Waals surface area contributed by atoms with E-state index in [1.54, 1.807) is 24.8 Å². The molecule has 66 valence electrons. The van der Waals surface area contributed by atoms with E-state index in [1.165, 1.54) is 0 Å². The highest BCUT2D eigenvalue weighted by molar-refractivity contribution is 5.83. The number of rotatable bonds is 2. The molecule has 4 nitrogen and oxygen atoms in total. The fourth-order valence-electron chi connectivity index (χ4n) is 1.29. The third-order valence-corrected chi connectivity index (χ3v) is 1.91. The molecular formula is C9H9N3O. The smallest absolute Gasteiger partial charge is 0.0480 e. The number of hydroxylamine groups is 1. The fraction of sp³-hybridized carbons (Fsp3) is 0.111. The summed E-state index contributed by atoms with van der Waals surface area (Å²) in [5.74, 6) is 0. The number of pyridine rings is 2.